The normalized spacial score (nSPS) is 40.5. The molecule has 16 heavy (non-hydrogen) atoms. The maximum Gasteiger partial charge on any atom is 0.0664 e. The van der Waals surface area contributed by atoms with Crippen LogP contribution in [0, 0.1) is 16.7 Å². The molecule has 0 bridgehead atoms. The van der Waals surface area contributed by atoms with Crippen LogP contribution in [0.2, 0.25) is 0 Å². The molecule has 0 aromatic rings. The molecular weight excluding hydrogens is 196 g/mol. The summed E-state index contributed by atoms with van der Waals surface area (Å²) in [5, 5.41) is 0. The van der Waals surface area contributed by atoms with Crippen molar-refractivity contribution in [2.24, 2.45) is 16.7 Å². The Morgan fingerprint density at radius 2 is 1.88 bits per heavy atom. The van der Waals surface area contributed by atoms with Crippen LogP contribution in [0.15, 0.2) is 0 Å². The molecule has 3 atom stereocenters. The van der Waals surface area contributed by atoms with Gasteiger partial charge < -0.3 is 4.74 Å². The van der Waals surface area contributed by atoms with Gasteiger partial charge in [-0.1, -0.05) is 34.1 Å². The Bertz CT molecular complexity index is 238. The van der Waals surface area contributed by atoms with Crippen molar-refractivity contribution in [3.8, 4) is 0 Å². The van der Waals surface area contributed by atoms with Gasteiger partial charge in [0.2, 0.25) is 0 Å². The Labute approximate surface area is 101 Å². The van der Waals surface area contributed by atoms with Gasteiger partial charge in [0.15, 0.2) is 0 Å². The van der Waals surface area contributed by atoms with Gasteiger partial charge in [-0.15, -0.1) is 0 Å². The van der Waals surface area contributed by atoms with Gasteiger partial charge >= 0.3 is 0 Å². The first-order valence-corrected chi connectivity index (χ1v) is 7.13. The fourth-order valence-corrected chi connectivity index (χ4v) is 4.28. The van der Waals surface area contributed by atoms with Crippen molar-refractivity contribution in [3.05, 3.63) is 0 Å². The average Bonchev–Trinajstić information content (AvgIpc) is 2.26. The van der Waals surface area contributed by atoms with Crippen molar-refractivity contribution in [2.75, 3.05) is 6.61 Å². The SMILES string of the molecule is CCC1(C(C)(C)C)CCCC2CCCOC21. The zero-order chi connectivity index (χ0) is 11.8. The van der Waals surface area contributed by atoms with E-state index in [0.717, 1.165) is 12.5 Å². The third-order valence-corrected chi connectivity index (χ3v) is 5.31. The summed E-state index contributed by atoms with van der Waals surface area (Å²) in [6, 6.07) is 0. The van der Waals surface area contributed by atoms with E-state index in [1.165, 1.54) is 38.5 Å². The van der Waals surface area contributed by atoms with Crippen LogP contribution in [-0.4, -0.2) is 12.7 Å². The molecule has 1 heterocycles. The van der Waals surface area contributed by atoms with Gasteiger partial charge in [0.05, 0.1) is 6.10 Å². The van der Waals surface area contributed by atoms with Crippen LogP contribution in [0.5, 0.6) is 0 Å². The topological polar surface area (TPSA) is 9.23 Å². The lowest BCUT2D eigenvalue weighted by Gasteiger charge is -2.56. The largest absolute Gasteiger partial charge is 0.377 e. The molecule has 1 heteroatoms. The summed E-state index contributed by atoms with van der Waals surface area (Å²) in [6.45, 7) is 10.6. The van der Waals surface area contributed by atoms with Crippen LogP contribution in [-0.2, 0) is 4.74 Å². The quantitative estimate of drug-likeness (QED) is 0.641. The van der Waals surface area contributed by atoms with Crippen LogP contribution in [0.1, 0.15) is 66.2 Å². The van der Waals surface area contributed by atoms with Crippen molar-refractivity contribution >= 4 is 0 Å². The number of ether oxygens (including phenoxy) is 1. The zero-order valence-electron chi connectivity index (χ0n) is 11.5. The highest BCUT2D eigenvalue weighted by molar-refractivity contribution is 5.01. The van der Waals surface area contributed by atoms with Gasteiger partial charge in [-0.25, -0.2) is 0 Å². The standard InChI is InChI=1S/C15H28O/c1-5-15(14(2,3)4)10-6-8-12-9-7-11-16-13(12)15/h12-13H,5-11H2,1-4H3. The van der Waals surface area contributed by atoms with Crippen LogP contribution in [0.3, 0.4) is 0 Å². The van der Waals surface area contributed by atoms with E-state index in [4.69, 9.17) is 4.74 Å². The molecule has 0 aromatic heterocycles. The van der Waals surface area contributed by atoms with Crippen LogP contribution < -0.4 is 0 Å². The average molecular weight is 224 g/mol. The smallest absolute Gasteiger partial charge is 0.0664 e. The fourth-order valence-electron chi connectivity index (χ4n) is 4.28. The Kier molecular flexibility index (Phi) is 3.36. The molecule has 0 amide bonds. The highest BCUT2D eigenvalue weighted by Gasteiger charge is 2.52. The third kappa shape index (κ3) is 1.81. The fraction of sp³-hybridized carbons (Fsp3) is 1.00. The second-order valence-electron chi connectivity index (χ2n) is 6.85. The first-order chi connectivity index (χ1) is 7.51. The summed E-state index contributed by atoms with van der Waals surface area (Å²) in [5.74, 6) is 0.849. The van der Waals surface area contributed by atoms with Gasteiger partial charge in [0.1, 0.15) is 0 Å². The lowest BCUT2D eigenvalue weighted by atomic mass is 9.53. The molecule has 94 valence electrons. The highest BCUT2D eigenvalue weighted by Crippen LogP contribution is 2.56. The number of fused-ring (bicyclic) bond motifs is 1. The van der Waals surface area contributed by atoms with Gasteiger partial charge in [-0.3, -0.25) is 0 Å². The summed E-state index contributed by atoms with van der Waals surface area (Å²) >= 11 is 0. The highest BCUT2D eigenvalue weighted by atomic mass is 16.5. The Balaban J connectivity index is 2.28. The van der Waals surface area contributed by atoms with Crippen molar-refractivity contribution in [1.82, 2.24) is 0 Å². The minimum atomic E-state index is 0.377. The summed E-state index contributed by atoms with van der Waals surface area (Å²) in [6.07, 6.45) is 8.69. The predicted octanol–water partition coefficient (Wildman–Crippen LogP) is 4.41. The molecule has 3 unspecified atom stereocenters. The number of hydrogen-bond acceptors (Lipinski definition) is 1. The minimum Gasteiger partial charge on any atom is -0.377 e. The Morgan fingerprint density at radius 3 is 2.50 bits per heavy atom. The molecule has 2 rings (SSSR count). The molecule has 0 N–H and O–H groups in total. The van der Waals surface area contributed by atoms with E-state index >= 15 is 0 Å². The zero-order valence-corrected chi connectivity index (χ0v) is 11.5. The molecule has 2 fully saturated rings. The molecule has 1 saturated heterocycles. The second-order valence-corrected chi connectivity index (χ2v) is 6.85. The Morgan fingerprint density at radius 1 is 1.19 bits per heavy atom. The lowest BCUT2D eigenvalue weighted by Crippen LogP contribution is -2.53. The van der Waals surface area contributed by atoms with Crippen LogP contribution >= 0.6 is 0 Å². The maximum absolute atomic E-state index is 6.22. The summed E-state index contributed by atoms with van der Waals surface area (Å²) < 4.78 is 6.22. The van der Waals surface area contributed by atoms with Gasteiger partial charge in [-0.05, 0) is 43.4 Å². The minimum absolute atomic E-state index is 0.377. The van der Waals surface area contributed by atoms with Gasteiger partial charge in [-0.2, -0.15) is 0 Å². The van der Waals surface area contributed by atoms with Gasteiger partial charge in [0.25, 0.3) is 0 Å². The van der Waals surface area contributed by atoms with E-state index in [-0.39, 0.29) is 0 Å². The number of hydrogen-bond donors (Lipinski definition) is 0. The summed E-state index contributed by atoms with van der Waals surface area (Å²) in [5.41, 5.74) is 0.804. The van der Waals surface area contributed by atoms with Gasteiger partial charge in [0, 0.05) is 12.0 Å². The molecule has 0 spiro atoms. The van der Waals surface area contributed by atoms with Crippen molar-refractivity contribution in [1.29, 1.82) is 0 Å². The van der Waals surface area contributed by atoms with Crippen LogP contribution in [0.4, 0.5) is 0 Å². The van der Waals surface area contributed by atoms with E-state index in [1.54, 1.807) is 0 Å². The van der Waals surface area contributed by atoms with Crippen molar-refractivity contribution in [2.45, 2.75) is 72.3 Å². The van der Waals surface area contributed by atoms with Crippen molar-refractivity contribution in [3.63, 3.8) is 0 Å². The van der Waals surface area contributed by atoms with Crippen molar-refractivity contribution < 1.29 is 4.74 Å². The number of rotatable bonds is 1. The van der Waals surface area contributed by atoms with E-state index in [0.29, 0.717) is 16.9 Å². The predicted molar refractivity (Wildman–Crippen MR) is 68.5 cm³/mol. The molecule has 1 nitrogen and oxygen atoms in total. The molecule has 1 aliphatic heterocycles. The Hall–Kier alpha value is -0.0400. The first-order valence-electron chi connectivity index (χ1n) is 7.13. The summed E-state index contributed by atoms with van der Waals surface area (Å²) in [7, 11) is 0. The van der Waals surface area contributed by atoms with E-state index in [2.05, 4.69) is 27.7 Å². The van der Waals surface area contributed by atoms with E-state index in [1.807, 2.05) is 0 Å². The molecule has 2 aliphatic rings. The monoisotopic (exact) mass is 224 g/mol. The maximum atomic E-state index is 6.22. The molecule has 1 aliphatic carbocycles. The van der Waals surface area contributed by atoms with E-state index in [9.17, 15) is 0 Å². The molecule has 0 aromatic carbocycles. The second kappa shape index (κ2) is 4.33. The molecule has 0 radical (unpaired) electrons. The third-order valence-electron chi connectivity index (χ3n) is 5.31. The summed E-state index contributed by atoms with van der Waals surface area (Å²) in [4.78, 5) is 0. The van der Waals surface area contributed by atoms with E-state index < -0.39 is 0 Å². The lowest BCUT2D eigenvalue weighted by molar-refractivity contribution is -0.169. The first kappa shape index (κ1) is 12.4. The molecule has 1 saturated carbocycles. The molecular formula is C15H28O. The van der Waals surface area contributed by atoms with Crippen LogP contribution in [0.25, 0.3) is 0 Å².